The molecule has 0 unspecified atom stereocenters. The van der Waals surface area contributed by atoms with Gasteiger partial charge in [-0.15, -0.1) is 0 Å². The number of hydrogen-bond acceptors (Lipinski definition) is 4. The molecule has 0 saturated carbocycles. The van der Waals surface area contributed by atoms with Crippen LogP contribution in [0.1, 0.15) is 83.1 Å². The first-order valence-electron chi connectivity index (χ1n) is 12.2. The maximum absolute atomic E-state index is 11.6. The van der Waals surface area contributed by atoms with E-state index in [0.717, 1.165) is 37.2 Å². The van der Waals surface area contributed by atoms with E-state index >= 15 is 0 Å². The highest BCUT2D eigenvalue weighted by Crippen LogP contribution is 2.41. The maximum atomic E-state index is 11.6. The van der Waals surface area contributed by atoms with Crippen molar-refractivity contribution in [3.05, 3.63) is 58.7 Å². The molecule has 2 aromatic rings. The molecule has 0 bridgehead atoms. The van der Waals surface area contributed by atoms with E-state index in [4.69, 9.17) is 14.2 Å². The Hall–Kier alpha value is -2.49. The van der Waals surface area contributed by atoms with E-state index in [1.165, 1.54) is 16.7 Å². The quantitative estimate of drug-likeness (QED) is 0.338. The third-order valence-electron chi connectivity index (χ3n) is 6.42. The summed E-state index contributed by atoms with van der Waals surface area (Å²) in [5.74, 6) is 1.33. The van der Waals surface area contributed by atoms with E-state index in [1.54, 1.807) is 6.92 Å². The van der Waals surface area contributed by atoms with Gasteiger partial charge < -0.3 is 14.2 Å². The lowest BCUT2D eigenvalue weighted by Crippen LogP contribution is -2.26. The van der Waals surface area contributed by atoms with Gasteiger partial charge >= 0.3 is 5.97 Å². The first-order chi connectivity index (χ1) is 15.6. The number of benzene rings is 2. The summed E-state index contributed by atoms with van der Waals surface area (Å²) >= 11 is 0. The fourth-order valence-corrected chi connectivity index (χ4v) is 4.26. The summed E-state index contributed by atoms with van der Waals surface area (Å²) in [6.07, 6.45) is 2.98. The molecule has 4 nitrogen and oxygen atoms in total. The van der Waals surface area contributed by atoms with E-state index < -0.39 is 0 Å². The second-order valence-electron chi connectivity index (χ2n) is 10.0. The van der Waals surface area contributed by atoms with Crippen LogP contribution in [0.3, 0.4) is 0 Å². The van der Waals surface area contributed by atoms with Crippen LogP contribution >= 0.6 is 0 Å². The smallest absolute Gasteiger partial charge is 0.344 e. The van der Waals surface area contributed by atoms with Crippen molar-refractivity contribution in [1.82, 2.24) is 0 Å². The summed E-state index contributed by atoms with van der Waals surface area (Å²) in [6, 6.07) is 12.9. The molecule has 33 heavy (non-hydrogen) atoms. The maximum Gasteiger partial charge on any atom is 0.344 e. The lowest BCUT2D eigenvalue weighted by molar-refractivity contribution is -0.145. The summed E-state index contributed by atoms with van der Waals surface area (Å²) in [6.45, 7) is 18.1. The summed E-state index contributed by atoms with van der Waals surface area (Å²) in [5.41, 5.74) is 4.90. The van der Waals surface area contributed by atoms with Gasteiger partial charge in [0.05, 0.1) is 13.2 Å². The van der Waals surface area contributed by atoms with Gasteiger partial charge in [-0.3, -0.25) is 0 Å². The average Bonchev–Trinajstić information content (AvgIpc) is 2.75. The molecule has 0 saturated heterocycles. The minimum absolute atomic E-state index is 0.0728. The average molecular weight is 455 g/mol. The third kappa shape index (κ3) is 6.99. The lowest BCUT2D eigenvalue weighted by atomic mass is 9.70. The monoisotopic (exact) mass is 454 g/mol. The number of aryl methyl sites for hydroxylation is 2. The normalized spacial score (nSPS) is 11.9. The number of esters is 1. The van der Waals surface area contributed by atoms with Gasteiger partial charge in [-0.05, 0) is 79.8 Å². The Morgan fingerprint density at radius 3 is 1.76 bits per heavy atom. The highest BCUT2D eigenvalue weighted by molar-refractivity contribution is 5.71. The van der Waals surface area contributed by atoms with Crippen molar-refractivity contribution in [2.75, 3.05) is 19.8 Å². The molecular weight excluding hydrogens is 412 g/mol. The van der Waals surface area contributed by atoms with Crippen molar-refractivity contribution < 1.29 is 19.0 Å². The van der Waals surface area contributed by atoms with Crippen LogP contribution in [0.25, 0.3) is 0 Å². The van der Waals surface area contributed by atoms with Crippen LogP contribution in [0.15, 0.2) is 36.4 Å². The molecule has 2 aromatic carbocycles. The van der Waals surface area contributed by atoms with Crippen molar-refractivity contribution >= 4 is 5.97 Å². The Kier molecular flexibility index (Phi) is 9.39. The molecule has 0 amide bonds. The van der Waals surface area contributed by atoms with Crippen LogP contribution in [-0.2, 0) is 14.9 Å². The predicted octanol–water partition coefficient (Wildman–Crippen LogP) is 7.17. The molecule has 4 heteroatoms. The molecule has 0 radical (unpaired) electrons. The summed E-state index contributed by atoms with van der Waals surface area (Å²) < 4.78 is 16.8. The van der Waals surface area contributed by atoms with Crippen molar-refractivity contribution in [3.63, 3.8) is 0 Å². The Bertz CT molecular complexity index is 920. The molecule has 0 aliphatic carbocycles. The van der Waals surface area contributed by atoms with E-state index in [2.05, 4.69) is 71.9 Å². The van der Waals surface area contributed by atoms with Gasteiger partial charge in [-0.2, -0.15) is 0 Å². The molecular formula is C29H42O4. The first-order valence-corrected chi connectivity index (χ1v) is 12.2. The minimum Gasteiger partial charge on any atom is -0.493 e. The molecule has 0 fully saturated rings. The molecule has 0 aromatic heterocycles. The Morgan fingerprint density at radius 1 is 0.818 bits per heavy atom. The van der Waals surface area contributed by atoms with Gasteiger partial charge in [0.25, 0.3) is 0 Å². The molecule has 0 aliphatic heterocycles. The zero-order valence-corrected chi connectivity index (χ0v) is 21.8. The van der Waals surface area contributed by atoms with E-state index in [0.29, 0.717) is 12.4 Å². The first kappa shape index (κ1) is 26.8. The highest BCUT2D eigenvalue weighted by Gasteiger charge is 2.31. The Labute approximate surface area is 200 Å². The predicted molar refractivity (Wildman–Crippen MR) is 135 cm³/mol. The fraction of sp³-hybridized carbons (Fsp3) is 0.552. The van der Waals surface area contributed by atoms with E-state index in [9.17, 15) is 4.79 Å². The van der Waals surface area contributed by atoms with Gasteiger partial charge in [0.15, 0.2) is 6.61 Å². The Morgan fingerprint density at radius 2 is 1.33 bits per heavy atom. The highest BCUT2D eigenvalue weighted by atomic mass is 16.6. The Balaban J connectivity index is 2.27. The van der Waals surface area contributed by atoms with E-state index in [-0.39, 0.29) is 23.4 Å². The fourth-order valence-electron chi connectivity index (χ4n) is 4.26. The summed E-state index contributed by atoms with van der Waals surface area (Å²) in [4.78, 5) is 11.6. The SMILES string of the molecule is CCOC(=O)COc1ccc(C(CC)(CC)c2ccc(OCCC(C)(C)C)c(C)c2)cc1C. The van der Waals surface area contributed by atoms with E-state index in [1.807, 2.05) is 13.0 Å². The molecule has 182 valence electrons. The lowest BCUT2D eigenvalue weighted by Gasteiger charge is -2.34. The minimum atomic E-state index is -0.349. The number of hydrogen-bond donors (Lipinski definition) is 0. The van der Waals surface area contributed by atoms with Gasteiger partial charge in [-0.1, -0.05) is 58.9 Å². The molecule has 0 heterocycles. The van der Waals surface area contributed by atoms with Crippen LogP contribution in [0.5, 0.6) is 11.5 Å². The standard InChI is InChI=1S/C29H42O4/c1-9-29(10-2,23-12-14-25(21(4)18-23)32-17-16-28(6,7)8)24-13-15-26(22(5)19-24)33-20-27(30)31-11-3/h12-15,18-19H,9-11,16-17,20H2,1-8H3. The number of rotatable bonds is 11. The zero-order chi connectivity index (χ0) is 24.6. The molecule has 0 atom stereocenters. The summed E-state index contributed by atoms with van der Waals surface area (Å²) in [5, 5.41) is 0. The van der Waals surface area contributed by atoms with Crippen molar-refractivity contribution in [3.8, 4) is 11.5 Å². The second-order valence-corrected chi connectivity index (χ2v) is 10.0. The number of ether oxygens (including phenoxy) is 3. The molecule has 0 aliphatic rings. The number of carbonyl (C=O) groups excluding carboxylic acids is 1. The molecule has 0 N–H and O–H groups in total. The van der Waals surface area contributed by atoms with Crippen molar-refractivity contribution in [2.45, 2.75) is 80.1 Å². The number of carbonyl (C=O) groups is 1. The zero-order valence-electron chi connectivity index (χ0n) is 21.8. The second kappa shape index (κ2) is 11.6. The molecule has 2 rings (SSSR count). The topological polar surface area (TPSA) is 44.8 Å². The largest absolute Gasteiger partial charge is 0.493 e. The van der Waals surface area contributed by atoms with Gasteiger partial charge in [0.1, 0.15) is 11.5 Å². The van der Waals surface area contributed by atoms with Gasteiger partial charge in [-0.25, -0.2) is 4.79 Å². The van der Waals surface area contributed by atoms with Crippen LogP contribution in [-0.4, -0.2) is 25.8 Å². The van der Waals surface area contributed by atoms with Crippen LogP contribution in [0.2, 0.25) is 0 Å². The summed E-state index contributed by atoms with van der Waals surface area (Å²) in [7, 11) is 0. The van der Waals surface area contributed by atoms with Crippen molar-refractivity contribution in [1.29, 1.82) is 0 Å². The third-order valence-corrected chi connectivity index (χ3v) is 6.42. The molecule has 0 spiro atoms. The van der Waals surface area contributed by atoms with Crippen LogP contribution in [0.4, 0.5) is 0 Å². The van der Waals surface area contributed by atoms with Crippen molar-refractivity contribution in [2.24, 2.45) is 5.41 Å². The van der Waals surface area contributed by atoms with Gasteiger partial charge in [0.2, 0.25) is 0 Å². The van der Waals surface area contributed by atoms with Crippen LogP contribution in [0, 0.1) is 19.3 Å². The van der Waals surface area contributed by atoms with Crippen LogP contribution < -0.4 is 9.47 Å². The van der Waals surface area contributed by atoms with Gasteiger partial charge in [0, 0.05) is 5.41 Å².